The molecule has 58 heavy (non-hydrogen) atoms. The number of nitrogens with zero attached hydrogens (tertiary/aromatic N) is 3. The van der Waals surface area contributed by atoms with Crippen LogP contribution in [-0.4, -0.2) is 75.2 Å². The number of likely N-dealkylation sites (tertiary alicyclic amines) is 1. The Morgan fingerprint density at radius 1 is 0.741 bits per heavy atom. The molecule has 3 atom stereocenters. The Balaban J connectivity index is 0.690. The number of aromatic hydroxyl groups is 1. The molecular weight excluding hydrogens is 729 g/mol. The van der Waals surface area contributed by atoms with Crippen molar-refractivity contribution in [3.8, 4) is 11.5 Å². The lowest BCUT2D eigenvalue weighted by molar-refractivity contribution is -0.146. The van der Waals surface area contributed by atoms with Crippen LogP contribution in [0.2, 0.25) is 0 Å². The number of fused-ring (bicyclic) bond motifs is 3. The van der Waals surface area contributed by atoms with E-state index in [1.54, 1.807) is 11.0 Å². The van der Waals surface area contributed by atoms with Gasteiger partial charge in [-0.3, -0.25) is 29.4 Å². The van der Waals surface area contributed by atoms with Gasteiger partial charge in [0.05, 0.1) is 13.1 Å². The van der Waals surface area contributed by atoms with Crippen LogP contribution < -0.4 is 10.1 Å². The van der Waals surface area contributed by atoms with Crippen molar-refractivity contribution in [1.82, 2.24) is 20.0 Å². The van der Waals surface area contributed by atoms with Gasteiger partial charge in [0, 0.05) is 50.0 Å². The SMILES string of the molecule is O=C1CCC(N2Cc3cc4c(cc3C2=O)CN(CC2CCC(C(=O)N3CC(Oc5ccc([C@@H]6c7ccc(O)cc7CC[C@@H]6c6ccccc6)cc5)C3)CC2)C4)C(=O)N1. The van der Waals surface area contributed by atoms with Crippen molar-refractivity contribution in [3.05, 3.63) is 129 Å². The molecule has 4 aromatic rings. The average molecular weight is 779 g/mol. The molecule has 298 valence electrons. The van der Waals surface area contributed by atoms with Gasteiger partial charge in [-0.1, -0.05) is 54.6 Å². The number of carbonyl (C=O) groups excluding carboxylic acids is 4. The van der Waals surface area contributed by atoms with E-state index in [1.165, 1.54) is 33.4 Å². The normalized spacial score (nSPS) is 25.8. The third-order valence-electron chi connectivity index (χ3n) is 13.9. The smallest absolute Gasteiger partial charge is 0.255 e. The summed E-state index contributed by atoms with van der Waals surface area (Å²) in [7, 11) is 0. The molecule has 10 heteroatoms. The van der Waals surface area contributed by atoms with Crippen molar-refractivity contribution < 1.29 is 29.0 Å². The lowest BCUT2D eigenvalue weighted by Crippen LogP contribution is -2.57. The molecule has 2 aliphatic carbocycles. The molecule has 2 saturated heterocycles. The van der Waals surface area contributed by atoms with Gasteiger partial charge in [-0.2, -0.15) is 0 Å². The first-order valence-electron chi connectivity index (χ1n) is 21.2. The molecule has 4 heterocycles. The number of nitrogens with one attached hydrogen (secondary N) is 1. The van der Waals surface area contributed by atoms with Gasteiger partial charge in [0.15, 0.2) is 0 Å². The van der Waals surface area contributed by atoms with Gasteiger partial charge in [0.2, 0.25) is 17.7 Å². The van der Waals surface area contributed by atoms with E-state index < -0.39 is 6.04 Å². The molecule has 1 unspecified atom stereocenters. The van der Waals surface area contributed by atoms with Gasteiger partial charge in [0.1, 0.15) is 23.6 Å². The van der Waals surface area contributed by atoms with E-state index in [0.29, 0.717) is 49.2 Å². The zero-order valence-corrected chi connectivity index (χ0v) is 32.8. The summed E-state index contributed by atoms with van der Waals surface area (Å²) >= 11 is 0. The predicted molar refractivity (Wildman–Crippen MR) is 217 cm³/mol. The van der Waals surface area contributed by atoms with Crippen LogP contribution in [0.1, 0.15) is 106 Å². The summed E-state index contributed by atoms with van der Waals surface area (Å²) < 4.78 is 6.37. The molecule has 1 saturated carbocycles. The van der Waals surface area contributed by atoms with E-state index in [1.807, 2.05) is 17.0 Å². The van der Waals surface area contributed by atoms with Gasteiger partial charge < -0.3 is 19.6 Å². The number of aryl methyl sites for hydroxylation is 1. The summed E-state index contributed by atoms with van der Waals surface area (Å²) in [6.07, 6.45) is 6.50. The molecule has 0 aromatic heterocycles. The second-order valence-corrected chi connectivity index (χ2v) is 17.5. The summed E-state index contributed by atoms with van der Waals surface area (Å²) in [6, 6.07) is 28.6. The van der Waals surface area contributed by atoms with Crippen molar-refractivity contribution >= 4 is 23.6 Å². The Labute approximate surface area is 339 Å². The van der Waals surface area contributed by atoms with Gasteiger partial charge in [-0.05, 0) is 126 Å². The lowest BCUT2D eigenvalue weighted by Gasteiger charge is -2.42. The number of hydrogen-bond acceptors (Lipinski definition) is 7. The van der Waals surface area contributed by atoms with Gasteiger partial charge in [0.25, 0.3) is 5.91 Å². The highest BCUT2D eigenvalue weighted by Gasteiger charge is 2.41. The molecular formula is C48H50N4O6. The summed E-state index contributed by atoms with van der Waals surface area (Å²) in [6.45, 7) is 4.29. The van der Waals surface area contributed by atoms with Gasteiger partial charge >= 0.3 is 0 Å². The van der Waals surface area contributed by atoms with E-state index in [0.717, 1.165) is 69.5 Å². The third kappa shape index (κ3) is 6.95. The van der Waals surface area contributed by atoms with Crippen molar-refractivity contribution in [2.24, 2.45) is 11.8 Å². The Morgan fingerprint density at radius 2 is 1.50 bits per heavy atom. The van der Waals surface area contributed by atoms with Crippen molar-refractivity contribution in [2.45, 2.75) is 95.0 Å². The van der Waals surface area contributed by atoms with Gasteiger partial charge in [-0.15, -0.1) is 0 Å². The molecule has 6 aliphatic rings. The highest BCUT2D eigenvalue weighted by Crippen LogP contribution is 2.47. The Hall–Kier alpha value is -5.48. The van der Waals surface area contributed by atoms with Crippen LogP contribution in [0.4, 0.5) is 0 Å². The van der Waals surface area contributed by atoms with Crippen molar-refractivity contribution in [1.29, 1.82) is 0 Å². The predicted octanol–water partition coefficient (Wildman–Crippen LogP) is 6.43. The van der Waals surface area contributed by atoms with Crippen LogP contribution >= 0.6 is 0 Å². The number of rotatable bonds is 8. The molecule has 0 radical (unpaired) electrons. The molecule has 2 N–H and O–H groups in total. The summed E-state index contributed by atoms with van der Waals surface area (Å²) in [4.78, 5) is 57.0. The Morgan fingerprint density at radius 3 is 2.26 bits per heavy atom. The highest BCUT2D eigenvalue weighted by atomic mass is 16.5. The zero-order valence-electron chi connectivity index (χ0n) is 32.8. The van der Waals surface area contributed by atoms with Crippen LogP contribution in [0.5, 0.6) is 11.5 Å². The van der Waals surface area contributed by atoms with E-state index in [-0.39, 0.29) is 48.0 Å². The number of ether oxygens (including phenoxy) is 1. The standard InChI is InChI=1S/C48H50N4O6/c53-37-13-17-41-33(21-37)12-16-40(30-4-2-1-3-5-30)45(41)31-10-14-38(15-11-31)58-39-27-51(28-39)47(56)32-8-6-29(7-9-32)23-50-24-34-20-36-26-52(43-18-19-44(54)49-46(43)55)48(57)42(36)22-35(34)25-50/h1-5,10-11,13-15,17,20-22,29,32,39-40,43,45,53H,6-9,12,16,18-19,23-28H2,(H,49,54,55)/t29?,32?,40-,43?,45+/m1/s1. The number of carbonyl (C=O) groups is 4. The summed E-state index contributed by atoms with van der Waals surface area (Å²) in [5.41, 5.74) is 9.15. The molecule has 4 amide bonds. The van der Waals surface area contributed by atoms with Crippen LogP contribution in [-0.2, 0) is 40.4 Å². The molecule has 0 spiro atoms. The van der Waals surface area contributed by atoms with Crippen LogP contribution in [0, 0.1) is 11.8 Å². The fourth-order valence-corrected chi connectivity index (χ4v) is 10.8. The topological polar surface area (TPSA) is 119 Å². The monoisotopic (exact) mass is 778 g/mol. The number of phenolic OH excluding ortho intramolecular Hbond substituents is 1. The molecule has 4 aromatic carbocycles. The van der Waals surface area contributed by atoms with E-state index in [9.17, 15) is 24.3 Å². The Kier molecular flexibility index (Phi) is 9.55. The van der Waals surface area contributed by atoms with Crippen molar-refractivity contribution in [2.75, 3.05) is 19.6 Å². The second kappa shape index (κ2) is 15.0. The summed E-state index contributed by atoms with van der Waals surface area (Å²) in [5, 5.41) is 12.6. The molecule has 10 rings (SSSR count). The Bertz CT molecular complexity index is 2260. The number of phenols is 1. The quantitative estimate of drug-likeness (QED) is 0.198. The molecule has 4 aliphatic heterocycles. The fourth-order valence-electron chi connectivity index (χ4n) is 10.8. The van der Waals surface area contributed by atoms with E-state index in [2.05, 4.69) is 76.9 Å². The van der Waals surface area contributed by atoms with E-state index in [4.69, 9.17) is 4.74 Å². The van der Waals surface area contributed by atoms with Crippen molar-refractivity contribution in [3.63, 3.8) is 0 Å². The first kappa shape index (κ1) is 36.8. The van der Waals surface area contributed by atoms with Gasteiger partial charge in [-0.25, -0.2) is 0 Å². The molecule has 10 nitrogen and oxygen atoms in total. The average Bonchev–Trinajstić information content (AvgIpc) is 3.76. The first-order valence-corrected chi connectivity index (χ1v) is 21.2. The van der Waals surface area contributed by atoms with Crippen LogP contribution in [0.15, 0.2) is 84.9 Å². The number of piperidine rings is 1. The largest absolute Gasteiger partial charge is 0.508 e. The molecule has 3 fully saturated rings. The number of benzene rings is 4. The maximum Gasteiger partial charge on any atom is 0.255 e. The summed E-state index contributed by atoms with van der Waals surface area (Å²) in [5.74, 6) is 1.79. The minimum atomic E-state index is -0.593. The number of imide groups is 1. The zero-order chi connectivity index (χ0) is 39.5. The van der Waals surface area contributed by atoms with Crippen LogP contribution in [0.3, 0.4) is 0 Å². The van der Waals surface area contributed by atoms with Crippen LogP contribution in [0.25, 0.3) is 0 Å². The first-order chi connectivity index (χ1) is 28.2. The minimum Gasteiger partial charge on any atom is -0.508 e. The lowest BCUT2D eigenvalue weighted by atomic mass is 9.69. The highest BCUT2D eigenvalue weighted by molar-refractivity contribution is 6.05. The minimum absolute atomic E-state index is 0.00412. The third-order valence-corrected chi connectivity index (χ3v) is 13.9. The second-order valence-electron chi connectivity index (χ2n) is 17.5. The van der Waals surface area contributed by atoms with E-state index >= 15 is 0 Å². The fraction of sp³-hybridized carbons (Fsp3) is 0.417. The number of amides is 4. The maximum absolute atomic E-state index is 13.5. The molecule has 0 bridgehead atoms. The maximum atomic E-state index is 13.5. The number of hydrogen-bond donors (Lipinski definition) is 2.